The van der Waals surface area contributed by atoms with Gasteiger partial charge in [0.2, 0.25) is 0 Å². The van der Waals surface area contributed by atoms with Gasteiger partial charge in [0.25, 0.3) is 5.91 Å². The third-order valence-electron chi connectivity index (χ3n) is 2.46. The number of rotatable bonds is 3. The quantitative estimate of drug-likeness (QED) is 0.697. The minimum Gasteiger partial charge on any atom is -0.322 e. The number of anilines is 1. The second-order valence-electron chi connectivity index (χ2n) is 3.95. The molecular weight excluding hydrogens is 393 g/mol. The number of alkyl halides is 1. The van der Waals surface area contributed by atoms with Crippen molar-refractivity contribution in [3.8, 4) is 0 Å². The van der Waals surface area contributed by atoms with Crippen LogP contribution >= 0.6 is 43.5 Å². The Hall–Kier alpha value is -0.840. The van der Waals surface area contributed by atoms with Crippen LogP contribution in [0.1, 0.15) is 15.9 Å². The fourth-order valence-corrected chi connectivity index (χ4v) is 2.83. The van der Waals surface area contributed by atoms with E-state index in [1.807, 2.05) is 24.3 Å². The van der Waals surface area contributed by atoms with E-state index in [1.165, 1.54) is 0 Å². The lowest BCUT2D eigenvalue weighted by atomic mass is 10.2. The Bertz CT molecular complexity index is 596. The smallest absolute Gasteiger partial charge is 0.255 e. The van der Waals surface area contributed by atoms with E-state index in [1.54, 1.807) is 18.2 Å². The standard InChI is InChI=1S/C14H10Br2ClNO/c15-8-9-2-1-3-13(4-9)18-14(19)10-5-11(16)7-12(17)6-10/h1-7H,8H2,(H,18,19). The third-order valence-corrected chi connectivity index (χ3v) is 3.79. The summed E-state index contributed by atoms with van der Waals surface area (Å²) in [4.78, 5) is 12.1. The van der Waals surface area contributed by atoms with Gasteiger partial charge in [-0.05, 0) is 35.9 Å². The molecule has 0 fully saturated rings. The maximum Gasteiger partial charge on any atom is 0.255 e. The third kappa shape index (κ3) is 4.06. The number of amides is 1. The molecule has 98 valence electrons. The van der Waals surface area contributed by atoms with Crippen LogP contribution in [-0.2, 0) is 5.33 Å². The molecule has 0 atom stereocenters. The molecule has 0 saturated carbocycles. The lowest BCUT2D eigenvalue weighted by Gasteiger charge is -2.07. The summed E-state index contributed by atoms with van der Waals surface area (Å²) in [5.41, 5.74) is 2.38. The maximum atomic E-state index is 12.1. The first-order valence-corrected chi connectivity index (χ1v) is 7.80. The highest BCUT2D eigenvalue weighted by atomic mass is 79.9. The first kappa shape index (κ1) is 14.6. The number of carbonyl (C=O) groups is 1. The Morgan fingerprint density at radius 1 is 1.21 bits per heavy atom. The molecule has 0 radical (unpaired) electrons. The van der Waals surface area contributed by atoms with Crippen LogP contribution in [0.15, 0.2) is 46.9 Å². The normalized spacial score (nSPS) is 10.3. The molecule has 1 amide bonds. The molecular formula is C14H10Br2ClNO. The predicted octanol–water partition coefficient (Wildman–Crippen LogP) is 5.25. The number of carbonyl (C=O) groups excluding carboxylic acids is 1. The van der Waals surface area contributed by atoms with Crippen LogP contribution in [-0.4, -0.2) is 5.91 Å². The van der Waals surface area contributed by atoms with Crippen molar-refractivity contribution in [1.82, 2.24) is 0 Å². The van der Waals surface area contributed by atoms with Crippen molar-refractivity contribution >= 4 is 55.1 Å². The van der Waals surface area contributed by atoms with Gasteiger partial charge >= 0.3 is 0 Å². The molecule has 0 aliphatic heterocycles. The fraction of sp³-hybridized carbons (Fsp3) is 0.0714. The lowest BCUT2D eigenvalue weighted by molar-refractivity contribution is 0.102. The maximum absolute atomic E-state index is 12.1. The number of benzene rings is 2. The zero-order valence-electron chi connectivity index (χ0n) is 9.79. The average molecular weight is 404 g/mol. The second-order valence-corrected chi connectivity index (χ2v) is 5.86. The SMILES string of the molecule is O=C(Nc1cccc(CBr)c1)c1cc(Cl)cc(Br)c1. The van der Waals surface area contributed by atoms with Crippen molar-refractivity contribution in [3.05, 3.63) is 63.1 Å². The summed E-state index contributed by atoms with van der Waals surface area (Å²) in [6, 6.07) is 12.8. The zero-order valence-corrected chi connectivity index (χ0v) is 13.7. The van der Waals surface area contributed by atoms with Gasteiger partial charge in [-0.1, -0.05) is 55.6 Å². The molecule has 1 N–H and O–H groups in total. The van der Waals surface area contributed by atoms with E-state index in [0.29, 0.717) is 10.6 Å². The highest BCUT2D eigenvalue weighted by Crippen LogP contribution is 2.21. The summed E-state index contributed by atoms with van der Waals surface area (Å²) >= 11 is 12.6. The second kappa shape index (κ2) is 6.55. The molecule has 2 rings (SSSR count). The Kier molecular flexibility index (Phi) is 5.02. The topological polar surface area (TPSA) is 29.1 Å². The van der Waals surface area contributed by atoms with Crippen molar-refractivity contribution in [2.75, 3.05) is 5.32 Å². The van der Waals surface area contributed by atoms with Crippen LogP contribution in [0, 0.1) is 0 Å². The number of hydrogen-bond acceptors (Lipinski definition) is 1. The van der Waals surface area contributed by atoms with Crippen molar-refractivity contribution in [2.24, 2.45) is 0 Å². The van der Waals surface area contributed by atoms with Gasteiger partial charge in [0.1, 0.15) is 0 Å². The number of nitrogens with one attached hydrogen (secondary N) is 1. The Morgan fingerprint density at radius 2 is 2.00 bits per heavy atom. The van der Waals surface area contributed by atoms with Gasteiger partial charge in [0.15, 0.2) is 0 Å². The minimum atomic E-state index is -0.185. The van der Waals surface area contributed by atoms with E-state index in [4.69, 9.17) is 11.6 Å². The van der Waals surface area contributed by atoms with E-state index in [2.05, 4.69) is 37.2 Å². The van der Waals surface area contributed by atoms with Crippen molar-refractivity contribution in [1.29, 1.82) is 0 Å². The number of halogens is 3. The average Bonchev–Trinajstić information content (AvgIpc) is 2.37. The molecule has 2 nitrogen and oxygen atoms in total. The molecule has 0 unspecified atom stereocenters. The van der Waals surface area contributed by atoms with Gasteiger partial charge in [0, 0.05) is 26.1 Å². The van der Waals surface area contributed by atoms with Gasteiger partial charge in [-0.2, -0.15) is 0 Å². The summed E-state index contributed by atoms with van der Waals surface area (Å²) in [7, 11) is 0. The number of hydrogen-bond donors (Lipinski definition) is 1. The fourth-order valence-electron chi connectivity index (χ4n) is 1.62. The van der Waals surface area contributed by atoms with Gasteiger partial charge in [0.05, 0.1) is 0 Å². The van der Waals surface area contributed by atoms with E-state index >= 15 is 0 Å². The van der Waals surface area contributed by atoms with Gasteiger partial charge in [-0.25, -0.2) is 0 Å². The molecule has 0 aliphatic carbocycles. The molecule has 0 aliphatic rings. The monoisotopic (exact) mass is 401 g/mol. The summed E-state index contributed by atoms with van der Waals surface area (Å²) in [5.74, 6) is -0.185. The Morgan fingerprint density at radius 3 is 2.68 bits per heavy atom. The van der Waals surface area contributed by atoms with Crippen molar-refractivity contribution < 1.29 is 4.79 Å². The summed E-state index contributed by atoms with van der Waals surface area (Å²) in [6.45, 7) is 0. The summed E-state index contributed by atoms with van der Waals surface area (Å²) < 4.78 is 0.777. The Balaban J connectivity index is 2.20. The van der Waals surface area contributed by atoms with Crippen LogP contribution in [0.5, 0.6) is 0 Å². The predicted molar refractivity (Wildman–Crippen MR) is 86.2 cm³/mol. The highest BCUT2D eigenvalue weighted by Gasteiger charge is 2.08. The molecule has 0 heterocycles. The van der Waals surface area contributed by atoms with Gasteiger partial charge in [-0.15, -0.1) is 0 Å². The van der Waals surface area contributed by atoms with Crippen LogP contribution in [0.25, 0.3) is 0 Å². The first-order valence-electron chi connectivity index (χ1n) is 5.51. The first-order chi connectivity index (χ1) is 9.08. The zero-order chi connectivity index (χ0) is 13.8. The molecule has 2 aromatic carbocycles. The van der Waals surface area contributed by atoms with Crippen LogP contribution in [0.3, 0.4) is 0 Å². The van der Waals surface area contributed by atoms with Crippen LogP contribution < -0.4 is 5.32 Å². The van der Waals surface area contributed by atoms with E-state index in [-0.39, 0.29) is 5.91 Å². The van der Waals surface area contributed by atoms with Crippen molar-refractivity contribution in [3.63, 3.8) is 0 Å². The molecule has 19 heavy (non-hydrogen) atoms. The minimum absolute atomic E-state index is 0.185. The molecule has 0 spiro atoms. The molecule has 5 heteroatoms. The lowest BCUT2D eigenvalue weighted by Crippen LogP contribution is -2.12. The van der Waals surface area contributed by atoms with E-state index in [9.17, 15) is 4.79 Å². The summed E-state index contributed by atoms with van der Waals surface area (Å²) in [6.07, 6.45) is 0. The van der Waals surface area contributed by atoms with Crippen molar-refractivity contribution in [2.45, 2.75) is 5.33 Å². The largest absolute Gasteiger partial charge is 0.322 e. The molecule has 0 aromatic heterocycles. The molecule has 0 bridgehead atoms. The van der Waals surface area contributed by atoms with E-state index < -0.39 is 0 Å². The van der Waals surface area contributed by atoms with Gasteiger partial charge < -0.3 is 5.32 Å². The van der Waals surface area contributed by atoms with E-state index in [0.717, 1.165) is 21.1 Å². The summed E-state index contributed by atoms with van der Waals surface area (Å²) in [5, 5.41) is 4.12. The van der Waals surface area contributed by atoms with Crippen LogP contribution in [0.2, 0.25) is 5.02 Å². The van der Waals surface area contributed by atoms with Gasteiger partial charge in [-0.3, -0.25) is 4.79 Å². The van der Waals surface area contributed by atoms with Crippen LogP contribution in [0.4, 0.5) is 5.69 Å². The molecule has 0 saturated heterocycles. The molecule has 2 aromatic rings. The Labute approximate surface area is 133 Å². The highest BCUT2D eigenvalue weighted by molar-refractivity contribution is 9.10.